The van der Waals surface area contributed by atoms with Gasteiger partial charge in [0.05, 0.1) is 6.20 Å². The number of aryl methyl sites for hydroxylation is 2. The summed E-state index contributed by atoms with van der Waals surface area (Å²) in [6, 6.07) is 10.3. The van der Waals surface area contributed by atoms with Crippen molar-refractivity contribution < 1.29 is 9.32 Å². The van der Waals surface area contributed by atoms with Crippen LogP contribution in [0.25, 0.3) is 11.1 Å². The molecular weight excluding hydrogens is 352 g/mol. The normalized spacial score (nSPS) is 17.1. The largest absolute Gasteiger partial charge is 0.361 e. The lowest BCUT2D eigenvalue weighted by Gasteiger charge is -2.32. The fourth-order valence-corrected chi connectivity index (χ4v) is 3.91. The molecule has 6 nitrogen and oxygen atoms in total. The Bertz CT molecular complexity index is 942. The molecule has 1 aliphatic heterocycles. The van der Waals surface area contributed by atoms with Crippen LogP contribution in [0.2, 0.25) is 0 Å². The summed E-state index contributed by atoms with van der Waals surface area (Å²) in [6.07, 6.45) is 5.65. The summed E-state index contributed by atoms with van der Waals surface area (Å²) < 4.78 is 5.29. The van der Waals surface area contributed by atoms with Crippen molar-refractivity contribution in [3.05, 3.63) is 59.2 Å². The summed E-state index contributed by atoms with van der Waals surface area (Å²) >= 11 is 0. The highest BCUT2D eigenvalue weighted by molar-refractivity contribution is 5.92. The van der Waals surface area contributed by atoms with Gasteiger partial charge >= 0.3 is 0 Å². The number of H-pyrrole nitrogens is 1. The molecule has 0 saturated carbocycles. The van der Waals surface area contributed by atoms with Gasteiger partial charge < -0.3 is 9.42 Å². The van der Waals surface area contributed by atoms with E-state index in [2.05, 4.69) is 53.5 Å². The van der Waals surface area contributed by atoms with Crippen molar-refractivity contribution in [1.29, 1.82) is 0 Å². The Morgan fingerprint density at radius 1 is 1.32 bits per heavy atom. The average molecular weight is 378 g/mol. The predicted molar refractivity (Wildman–Crippen MR) is 107 cm³/mol. The molecule has 3 heterocycles. The summed E-state index contributed by atoms with van der Waals surface area (Å²) in [4.78, 5) is 14.8. The van der Waals surface area contributed by atoms with Gasteiger partial charge in [0.25, 0.3) is 5.91 Å². The molecule has 1 N–H and O–H groups in total. The number of nitrogens with zero attached hydrogens (tertiary/aromatic N) is 3. The summed E-state index contributed by atoms with van der Waals surface area (Å²) in [5.74, 6) is 0.959. The molecule has 2 aromatic heterocycles. The van der Waals surface area contributed by atoms with E-state index in [4.69, 9.17) is 4.52 Å². The Kier molecular flexibility index (Phi) is 5.28. The van der Waals surface area contributed by atoms with Crippen LogP contribution in [0.3, 0.4) is 0 Å². The van der Waals surface area contributed by atoms with Crippen molar-refractivity contribution in [1.82, 2.24) is 20.3 Å². The van der Waals surface area contributed by atoms with E-state index >= 15 is 0 Å². The van der Waals surface area contributed by atoms with Crippen LogP contribution < -0.4 is 0 Å². The van der Waals surface area contributed by atoms with Gasteiger partial charge in [-0.3, -0.25) is 9.89 Å². The first kappa shape index (κ1) is 18.5. The van der Waals surface area contributed by atoms with Crippen LogP contribution in [-0.2, 0) is 6.42 Å². The smallest absolute Gasteiger partial charge is 0.276 e. The highest BCUT2D eigenvalue weighted by Gasteiger charge is 2.29. The maximum absolute atomic E-state index is 12.9. The fourth-order valence-electron chi connectivity index (χ4n) is 3.91. The van der Waals surface area contributed by atoms with Gasteiger partial charge in [0, 0.05) is 42.8 Å². The molecule has 0 unspecified atom stereocenters. The lowest BCUT2D eigenvalue weighted by Crippen LogP contribution is -2.39. The van der Waals surface area contributed by atoms with E-state index < -0.39 is 0 Å². The zero-order chi connectivity index (χ0) is 19.5. The average Bonchev–Trinajstić information content (AvgIpc) is 3.38. The molecular formula is C22H26N4O2. The highest BCUT2D eigenvalue weighted by atomic mass is 16.5. The van der Waals surface area contributed by atoms with Crippen LogP contribution in [0.5, 0.6) is 0 Å². The topological polar surface area (TPSA) is 75.0 Å². The van der Waals surface area contributed by atoms with Crippen molar-refractivity contribution in [3.63, 3.8) is 0 Å². The van der Waals surface area contributed by atoms with E-state index in [0.717, 1.165) is 54.8 Å². The summed E-state index contributed by atoms with van der Waals surface area (Å²) in [6.45, 7) is 5.57. The van der Waals surface area contributed by atoms with E-state index in [1.54, 1.807) is 6.07 Å². The van der Waals surface area contributed by atoms with Crippen LogP contribution in [-0.4, -0.2) is 39.3 Å². The number of piperidine rings is 1. The molecule has 1 amide bonds. The number of hydrogen-bond acceptors (Lipinski definition) is 4. The van der Waals surface area contributed by atoms with Gasteiger partial charge in [0.1, 0.15) is 5.76 Å². The summed E-state index contributed by atoms with van der Waals surface area (Å²) in [5.41, 5.74) is 5.02. The number of amides is 1. The molecule has 146 valence electrons. The number of aromatic amines is 1. The second-order valence-corrected chi connectivity index (χ2v) is 7.58. The van der Waals surface area contributed by atoms with Crippen LogP contribution in [0, 0.1) is 6.92 Å². The number of rotatable bonds is 5. The van der Waals surface area contributed by atoms with E-state index in [-0.39, 0.29) is 11.8 Å². The Morgan fingerprint density at radius 2 is 2.14 bits per heavy atom. The highest BCUT2D eigenvalue weighted by Crippen LogP contribution is 2.33. The maximum Gasteiger partial charge on any atom is 0.276 e. The van der Waals surface area contributed by atoms with Crippen LogP contribution in [0.15, 0.2) is 41.1 Å². The molecule has 1 saturated heterocycles. The molecule has 28 heavy (non-hydrogen) atoms. The lowest BCUT2D eigenvalue weighted by atomic mass is 9.90. The Hall–Kier alpha value is -2.89. The minimum atomic E-state index is -0.0489. The number of hydrogen-bond donors (Lipinski definition) is 1. The predicted octanol–water partition coefficient (Wildman–Crippen LogP) is 4.35. The standard InChI is InChI=1S/C22H26N4O2/c1-3-5-18-12-20(25-28-18)22(27)26-11-4-6-17(14-26)21-19(13-23-24-21)16-9-7-15(2)8-10-16/h7-10,12-13,17H,3-6,11,14H2,1-2H3,(H,23,24)/t17-/m1/s1. The Labute approximate surface area is 164 Å². The van der Waals surface area contributed by atoms with Gasteiger partial charge in [-0.15, -0.1) is 0 Å². The Morgan fingerprint density at radius 3 is 2.93 bits per heavy atom. The monoisotopic (exact) mass is 378 g/mol. The first-order chi connectivity index (χ1) is 13.7. The van der Waals surface area contributed by atoms with Crippen molar-refractivity contribution in [3.8, 4) is 11.1 Å². The van der Waals surface area contributed by atoms with Crippen LogP contribution in [0.1, 0.15) is 59.6 Å². The molecule has 4 rings (SSSR count). The molecule has 6 heteroatoms. The second kappa shape index (κ2) is 8.00. The van der Waals surface area contributed by atoms with Gasteiger partial charge in [-0.25, -0.2) is 0 Å². The van der Waals surface area contributed by atoms with Gasteiger partial charge in [0.2, 0.25) is 0 Å². The molecule has 1 aliphatic rings. The number of nitrogens with one attached hydrogen (secondary N) is 1. The third-order valence-corrected chi connectivity index (χ3v) is 5.42. The maximum atomic E-state index is 12.9. The van der Waals surface area contributed by atoms with Gasteiger partial charge in [-0.1, -0.05) is 41.9 Å². The molecule has 0 spiro atoms. The molecule has 1 atom stereocenters. The van der Waals surface area contributed by atoms with Crippen LogP contribution >= 0.6 is 0 Å². The van der Waals surface area contributed by atoms with Gasteiger partial charge in [-0.2, -0.15) is 5.10 Å². The van der Waals surface area contributed by atoms with E-state index in [0.29, 0.717) is 12.2 Å². The number of carbonyl (C=O) groups is 1. The third kappa shape index (κ3) is 3.72. The van der Waals surface area contributed by atoms with Crippen molar-refractivity contribution in [2.45, 2.75) is 45.4 Å². The summed E-state index contributed by atoms with van der Waals surface area (Å²) in [7, 11) is 0. The molecule has 1 fully saturated rings. The first-order valence-corrected chi connectivity index (χ1v) is 10.0. The van der Waals surface area contributed by atoms with Crippen molar-refractivity contribution >= 4 is 5.91 Å². The number of likely N-dealkylation sites (tertiary alicyclic amines) is 1. The third-order valence-electron chi connectivity index (χ3n) is 5.42. The van der Waals surface area contributed by atoms with E-state index in [1.807, 2.05) is 11.1 Å². The molecule has 0 aliphatic carbocycles. The minimum absolute atomic E-state index is 0.0489. The van der Waals surface area contributed by atoms with E-state index in [9.17, 15) is 4.79 Å². The number of aromatic nitrogens is 3. The fraction of sp³-hybridized carbons (Fsp3) is 0.409. The SMILES string of the molecule is CCCc1cc(C(=O)N2CCC[C@@H](c3[nH]ncc3-c3ccc(C)cc3)C2)no1. The molecule has 0 bridgehead atoms. The lowest BCUT2D eigenvalue weighted by molar-refractivity contribution is 0.0695. The molecule has 3 aromatic rings. The van der Waals surface area contributed by atoms with Crippen molar-refractivity contribution in [2.24, 2.45) is 0 Å². The molecule has 1 aromatic carbocycles. The number of benzene rings is 1. The first-order valence-electron chi connectivity index (χ1n) is 10.0. The quantitative estimate of drug-likeness (QED) is 0.716. The number of carbonyl (C=O) groups excluding carboxylic acids is 1. The Balaban J connectivity index is 1.52. The summed E-state index contributed by atoms with van der Waals surface area (Å²) in [5, 5.41) is 11.5. The van der Waals surface area contributed by atoms with E-state index in [1.165, 1.54) is 5.56 Å². The van der Waals surface area contributed by atoms with Crippen LogP contribution in [0.4, 0.5) is 0 Å². The minimum Gasteiger partial charge on any atom is -0.361 e. The zero-order valence-corrected chi connectivity index (χ0v) is 16.4. The second-order valence-electron chi connectivity index (χ2n) is 7.58. The van der Waals surface area contributed by atoms with Crippen molar-refractivity contribution in [2.75, 3.05) is 13.1 Å². The van der Waals surface area contributed by atoms with Gasteiger partial charge in [-0.05, 0) is 31.7 Å². The zero-order valence-electron chi connectivity index (χ0n) is 16.4. The molecule has 0 radical (unpaired) electrons. The van der Waals surface area contributed by atoms with Gasteiger partial charge in [0.15, 0.2) is 5.69 Å².